The fourth-order valence-corrected chi connectivity index (χ4v) is 1.45. The maximum absolute atomic E-state index is 4.26. The Kier molecular flexibility index (Phi) is 2.00. The number of hydrogen-bond donors (Lipinski definition) is 0. The highest BCUT2D eigenvalue weighted by molar-refractivity contribution is 5.53. The molecule has 3 heteroatoms. The fourth-order valence-electron chi connectivity index (χ4n) is 1.45. The first-order chi connectivity index (χ1) is 6.33. The van der Waals surface area contributed by atoms with E-state index < -0.39 is 0 Å². The third-order valence-electron chi connectivity index (χ3n) is 2.50. The van der Waals surface area contributed by atoms with E-state index in [1.165, 1.54) is 5.56 Å². The molecule has 0 fully saturated rings. The van der Waals surface area contributed by atoms with Crippen molar-refractivity contribution in [2.24, 2.45) is 0 Å². The molecule has 0 bridgehead atoms. The van der Waals surface area contributed by atoms with Gasteiger partial charge in [-0.1, -0.05) is 13.8 Å². The SMILES string of the molecule is CCC(C)c1cnn2ccncc12. The molecule has 0 radical (unpaired) electrons. The van der Waals surface area contributed by atoms with Crippen molar-refractivity contribution in [2.45, 2.75) is 26.2 Å². The van der Waals surface area contributed by atoms with Crippen molar-refractivity contribution in [2.75, 3.05) is 0 Å². The summed E-state index contributed by atoms with van der Waals surface area (Å²) in [4.78, 5) is 4.10. The quantitative estimate of drug-likeness (QED) is 0.700. The Morgan fingerprint density at radius 2 is 2.31 bits per heavy atom. The lowest BCUT2D eigenvalue weighted by Gasteiger charge is -2.04. The van der Waals surface area contributed by atoms with Crippen LogP contribution in [0, 0.1) is 0 Å². The molecule has 2 aromatic rings. The van der Waals surface area contributed by atoms with Crippen LogP contribution in [0.2, 0.25) is 0 Å². The first-order valence-electron chi connectivity index (χ1n) is 4.60. The first-order valence-corrected chi connectivity index (χ1v) is 4.60. The molecule has 13 heavy (non-hydrogen) atoms. The van der Waals surface area contributed by atoms with Gasteiger partial charge in [-0.3, -0.25) is 4.98 Å². The molecule has 0 aliphatic carbocycles. The van der Waals surface area contributed by atoms with Gasteiger partial charge in [0.05, 0.1) is 17.9 Å². The smallest absolute Gasteiger partial charge is 0.0879 e. The minimum Gasteiger partial charge on any atom is -0.261 e. The Morgan fingerprint density at radius 3 is 3.08 bits per heavy atom. The Hall–Kier alpha value is -1.38. The van der Waals surface area contributed by atoms with Gasteiger partial charge in [-0.15, -0.1) is 0 Å². The van der Waals surface area contributed by atoms with Crippen molar-refractivity contribution in [3.8, 4) is 0 Å². The molecular formula is C10H13N3. The number of aromatic nitrogens is 3. The van der Waals surface area contributed by atoms with E-state index in [-0.39, 0.29) is 0 Å². The zero-order chi connectivity index (χ0) is 9.26. The van der Waals surface area contributed by atoms with Crippen LogP contribution in [0.5, 0.6) is 0 Å². The summed E-state index contributed by atoms with van der Waals surface area (Å²) in [6, 6.07) is 0. The van der Waals surface area contributed by atoms with Gasteiger partial charge in [0.25, 0.3) is 0 Å². The third kappa shape index (κ3) is 1.30. The fraction of sp³-hybridized carbons (Fsp3) is 0.400. The lowest BCUT2D eigenvalue weighted by molar-refractivity contribution is 0.739. The van der Waals surface area contributed by atoms with E-state index in [1.54, 1.807) is 6.20 Å². The van der Waals surface area contributed by atoms with Crippen LogP contribution in [0.25, 0.3) is 5.52 Å². The minimum absolute atomic E-state index is 0.557. The van der Waals surface area contributed by atoms with Crippen molar-refractivity contribution in [3.63, 3.8) is 0 Å². The van der Waals surface area contributed by atoms with E-state index in [2.05, 4.69) is 23.9 Å². The van der Waals surface area contributed by atoms with E-state index in [1.807, 2.05) is 23.1 Å². The summed E-state index contributed by atoms with van der Waals surface area (Å²) < 4.78 is 1.87. The van der Waals surface area contributed by atoms with Crippen LogP contribution in [-0.4, -0.2) is 14.6 Å². The summed E-state index contributed by atoms with van der Waals surface area (Å²) in [6.45, 7) is 4.40. The lowest BCUT2D eigenvalue weighted by atomic mass is 10.0. The molecule has 3 nitrogen and oxygen atoms in total. The highest BCUT2D eigenvalue weighted by atomic mass is 15.2. The molecule has 1 unspecified atom stereocenters. The molecule has 1 atom stereocenters. The van der Waals surface area contributed by atoms with Crippen molar-refractivity contribution in [1.29, 1.82) is 0 Å². The molecule has 0 aliphatic rings. The molecule has 2 aromatic heterocycles. The summed E-state index contributed by atoms with van der Waals surface area (Å²) >= 11 is 0. The zero-order valence-electron chi connectivity index (χ0n) is 7.94. The third-order valence-corrected chi connectivity index (χ3v) is 2.50. The molecule has 0 amide bonds. The van der Waals surface area contributed by atoms with Gasteiger partial charge < -0.3 is 0 Å². The van der Waals surface area contributed by atoms with Gasteiger partial charge in [0.1, 0.15) is 0 Å². The Morgan fingerprint density at radius 1 is 1.46 bits per heavy atom. The van der Waals surface area contributed by atoms with Gasteiger partial charge >= 0.3 is 0 Å². The van der Waals surface area contributed by atoms with Gasteiger partial charge in [0, 0.05) is 18.0 Å². The second-order valence-electron chi connectivity index (χ2n) is 3.32. The molecule has 0 aliphatic heterocycles. The van der Waals surface area contributed by atoms with Crippen LogP contribution in [0.15, 0.2) is 24.8 Å². The van der Waals surface area contributed by atoms with E-state index in [9.17, 15) is 0 Å². The summed E-state index contributed by atoms with van der Waals surface area (Å²) in [5, 5.41) is 4.26. The van der Waals surface area contributed by atoms with Crippen LogP contribution >= 0.6 is 0 Å². The van der Waals surface area contributed by atoms with E-state index in [0.29, 0.717) is 5.92 Å². The minimum atomic E-state index is 0.557. The highest BCUT2D eigenvalue weighted by Gasteiger charge is 2.09. The molecule has 0 spiro atoms. The van der Waals surface area contributed by atoms with E-state index >= 15 is 0 Å². The lowest BCUT2D eigenvalue weighted by Crippen LogP contribution is -1.91. The zero-order valence-corrected chi connectivity index (χ0v) is 7.94. The van der Waals surface area contributed by atoms with Crippen molar-refractivity contribution in [3.05, 3.63) is 30.4 Å². The maximum atomic E-state index is 4.26. The molecule has 2 heterocycles. The topological polar surface area (TPSA) is 30.2 Å². The van der Waals surface area contributed by atoms with Gasteiger partial charge in [0.2, 0.25) is 0 Å². The molecule has 0 aromatic carbocycles. The average molecular weight is 175 g/mol. The van der Waals surface area contributed by atoms with Crippen molar-refractivity contribution < 1.29 is 0 Å². The van der Waals surface area contributed by atoms with Crippen LogP contribution in [0.4, 0.5) is 0 Å². The summed E-state index contributed by atoms with van der Waals surface area (Å²) in [5.41, 5.74) is 2.41. The standard InChI is InChI=1S/C10H13N3/c1-3-8(2)9-6-12-13-5-4-11-7-10(9)13/h4-8H,3H2,1-2H3. The van der Waals surface area contributed by atoms with Crippen LogP contribution in [-0.2, 0) is 0 Å². The molecule has 0 saturated carbocycles. The number of hydrogen-bond acceptors (Lipinski definition) is 2. The monoisotopic (exact) mass is 175 g/mol. The maximum Gasteiger partial charge on any atom is 0.0879 e. The molecule has 0 N–H and O–H groups in total. The summed E-state index contributed by atoms with van der Waals surface area (Å²) in [6.07, 6.45) is 8.57. The molecule has 2 rings (SSSR count). The van der Waals surface area contributed by atoms with Gasteiger partial charge in [0.15, 0.2) is 0 Å². The van der Waals surface area contributed by atoms with Crippen LogP contribution in [0.1, 0.15) is 31.7 Å². The van der Waals surface area contributed by atoms with Crippen molar-refractivity contribution >= 4 is 5.52 Å². The molecule has 68 valence electrons. The van der Waals surface area contributed by atoms with Crippen molar-refractivity contribution in [1.82, 2.24) is 14.6 Å². The predicted molar refractivity (Wildman–Crippen MR) is 51.7 cm³/mol. The van der Waals surface area contributed by atoms with Gasteiger partial charge in [-0.25, -0.2) is 4.52 Å². The van der Waals surface area contributed by atoms with Crippen LogP contribution in [0.3, 0.4) is 0 Å². The Labute approximate surface area is 77.4 Å². The van der Waals surface area contributed by atoms with Crippen LogP contribution < -0.4 is 0 Å². The number of rotatable bonds is 2. The van der Waals surface area contributed by atoms with E-state index in [0.717, 1.165) is 11.9 Å². The second kappa shape index (κ2) is 3.17. The Balaban J connectivity index is 2.57. The number of fused-ring (bicyclic) bond motifs is 1. The number of nitrogens with zero attached hydrogens (tertiary/aromatic N) is 3. The average Bonchev–Trinajstić information content (AvgIpc) is 2.60. The predicted octanol–water partition coefficient (Wildman–Crippen LogP) is 2.24. The van der Waals surface area contributed by atoms with Gasteiger partial charge in [-0.2, -0.15) is 5.10 Å². The summed E-state index contributed by atoms with van der Waals surface area (Å²) in [5.74, 6) is 0.557. The van der Waals surface area contributed by atoms with E-state index in [4.69, 9.17) is 0 Å². The Bertz CT molecular complexity index is 405. The molecular weight excluding hydrogens is 162 g/mol. The largest absolute Gasteiger partial charge is 0.261 e. The molecule has 0 saturated heterocycles. The van der Waals surface area contributed by atoms with Gasteiger partial charge in [-0.05, 0) is 12.3 Å². The summed E-state index contributed by atoms with van der Waals surface area (Å²) in [7, 11) is 0. The second-order valence-corrected chi connectivity index (χ2v) is 3.32. The highest BCUT2D eigenvalue weighted by Crippen LogP contribution is 2.22. The normalized spacial score (nSPS) is 13.4. The first kappa shape index (κ1) is 8.23.